The number of anilines is 1. The zero-order valence-electron chi connectivity index (χ0n) is 15.5. The summed E-state index contributed by atoms with van der Waals surface area (Å²) in [5.74, 6) is 0.459. The average molecular weight is 356 g/mol. The van der Waals surface area contributed by atoms with Crippen LogP contribution in [0.15, 0.2) is 42.5 Å². The molecule has 6 nitrogen and oxygen atoms in total. The summed E-state index contributed by atoms with van der Waals surface area (Å²) in [6.07, 6.45) is -0.709. The number of ether oxygens (including phenoxy) is 2. The second-order valence-corrected chi connectivity index (χ2v) is 6.04. The number of methoxy groups -OCH3 is 1. The maximum absolute atomic E-state index is 12.1. The van der Waals surface area contributed by atoms with E-state index in [-0.39, 0.29) is 18.4 Å². The Labute approximate surface area is 153 Å². The van der Waals surface area contributed by atoms with Crippen molar-refractivity contribution in [1.82, 2.24) is 5.32 Å². The van der Waals surface area contributed by atoms with E-state index in [1.807, 2.05) is 38.1 Å². The van der Waals surface area contributed by atoms with Crippen LogP contribution in [0.1, 0.15) is 18.1 Å². The van der Waals surface area contributed by atoms with Crippen LogP contribution >= 0.6 is 0 Å². The van der Waals surface area contributed by atoms with E-state index in [0.29, 0.717) is 17.2 Å². The van der Waals surface area contributed by atoms with Gasteiger partial charge >= 0.3 is 0 Å². The van der Waals surface area contributed by atoms with Crippen LogP contribution in [0.5, 0.6) is 11.5 Å². The molecule has 0 heterocycles. The molecule has 2 rings (SSSR count). The van der Waals surface area contributed by atoms with Crippen molar-refractivity contribution in [3.8, 4) is 11.5 Å². The quantitative estimate of drug-likeness (QED) is 0.800. The Morgan fingerprint density at radius 2 is 1.69 bits per heavy atom. The van der Waals surface area contributed by atoms with Gasteiger partial charge in [-0.1, -0.05) is 23.8 Å². The minimum Gasteiger partial charge on any atom is -0.495 e. The fraction of sp³-hybridized carbons (Fsp3) is 0.300. The van der Waals surface area contributed by atoms with Gasteiger partial charge < -0.3 is 20.1 Å². The van der Waals surface area contributed by atoms with Gasteiger partial charge in [-0.05, 0) is 50.6 Å². The van der Waals surface area contributed by atoms with Gasteiger partial charge in [0.2, 0.25) is 5.91 Å². The van der Waals surface area contributed by atoms with E-state index in [9.17, 15) is 9.59 Å². The van der Waals surface area contributed by atoms with Crippen LogP contribution in [0.25, 0.3) is 0 Å². The van der Waals surface area contributed by atoms with Crippen LogP contribution in [-0.2, 0) is 9.59 Å². The first kappa shape index (κ1) is 19.3. The van der Waals surface area contributed by atoms with Gasteiger partial charge in [0.1, 0.15) is 11.5 Å². The third-order valence-corrected chi connectivity index (χ3v) is 3.76. The van der Waals surface area contributed by atoms with Gasteiger partial charge in [0.25, 0.3) is 5.91 Å². The largest absolute Gasteiger partial charge is 0.495 e. The monoisotopic (exact) mass is 356 g/mol. The molecule has 1 unspecified atom stereocenters. The summed E-state index contributed by atoms with van der Waals surface area (Å²) in [4.78, 5) is 24.2. The zero-order chi connectivity index (χ0) is 19.1. The molecule has 0 bridgehead atoms. The number of hydrogen-bond acceptors (Lipinski definition) is 4. The van der Waals surface area contributed by atoms with Gasteiger partial charge in [-0.25, -0.2) is 0 Å². The highest BCUT2D eigenvalue weighted by Crippen LogP contribution is 2.24. The van der Waals surface area contributed by atoms with E-state index in [1.54, 1.807) is 25.1 Å². The van der Waals surface area contributed by atoms with Crippen molar-refractivity contribution in [2.75, 3.05) is 19.0 Å². The number of nitrogens with one attached hydrogen (secondary N) is 2. The van der Waals surface area contributed by atoms with Gasteiger partial charge in [-0.2, -0.15) is 0 Å². The summed E-state index contributed by atoms with van der Waals surface area (Å²) in [5.41, 5.74) is 2.67. The molecule has 0 aliphatic rings. The number of hydrogen-bond donors (Lipinski definition) is 2. The summed E-state index contributed by atoms with van der Waals surface area (Å²) in [5, 5.41) is 5.30. The van der Waals surface area contributed by atoms with E-state index in [0.717, 1.165) is 11.1 Å². The van der Waals surface area contributed by atoms with Crippen molar-refractivity contribution in [3.63, 3.8) is 0 Å². The van der Waals surface area contributed by atoms with Crippen LogP contribution in [0.3, 0.4) is 0 Å². The molecule has 2 aromatic rings. The molecule has 0 saturated heterocycles. The molecule has 0 saturated carbocycles. The maximum Gasteiger partial charge on any atom is 0.261 e. The first-order valence-electron chi connectivity index (χ1n) is 8.34. The molecule has 6 heteroatoms. The molecule has 0 spiro atoms. The SMILES string of the molecule is COc1ccc(C)cc1NC(=O)CNC(=O)C(C)Oc1ccc(C)cc1. The number of amides is 2. The van der Waals surface area contributed by atoms with Crippen molar-refractivity contribution in [3.05, 3.63) is 53.6 Å². The highest BCUT2D eigenvalue weighted by Gasteiger charge is 2.16. The molecule has 0 aliphatic carbocycles. The summed E-state index contributed by atoms with van der Waals surface area (Å²) in [7, 11) is 1.53. The average Bonchev–Trinajstić information content (AvgIpc) is 2.61. The summed E-state index contributed by atoms with van der Waals surface area (Å²) in [6, 6.07) is 12.9. The van der Waals surface area contributed by atoms with Crippen molar-refractivity contribution in [1.29, 1.82) is 0 Å². The van der Waals surface area contributed by atoms with Gasteiger partial charge in [-0.15, -0.1) is 0 Å². The number of carbonyl (C=O) groups excluding carboxylic acids is 2. The third-order valence-electron chi connectivity index (χ3n) is 3.76. The Kier molecular flexibility index (Phi) is 6.60. The Hall–Kier alpha value is -3.02. The highest BCUT2D eigenvalue weighted by atomic mass is 16.5. The van der Waals surface area contributed by atoms with Gasteiger partial charge in [0.15, 0.2) is 6.10 Å². The second-order valence-electron chi connectivity index (χ2n) is 6.04. The number of rotatable bonds is 7. The molecular formula is C20H24N2O4. The number of aryl methyl sites for hydroxylation is 2. The van der Waals surface area contributed by atoms with Gasteiger partial charge in [0, 0.05) is 0 Å². The summed E-state index contributed by atoms with van der Waals surface area (Å²) in [6.45, 7) is 5.37. The fourth-order valence-electron chi connectivity index (χ4n) is 2.30. The van der Waals surface area contributed by atoms with Crippen LogP contribution in [0, 0.1) is 13.8 Å². The van der Waals surface area contributed by atoms with Gasteiger partial charge in [-0.3, -0.25) is 9.59 Å². The summed E-state index contributed by atoms with van der Waals surface area (Å²) < 4.78 is 10.8. The smallest absolute Gasteiger partial charge is 0.261 e. The molecule has 2 amide bonds. The Morgan fingerprint density at radius 1 is 1.04 bits per heavy atom. The van der Waals surface area contributed by atoms with E-state index in [4.69, 9.17) is 9.47 Å². The minimum absolute atomic E-state index is 0.155. The molecule has 2 aromatic carbocycles. The predicted molar refractivity (Wildman–Crippen MR) is 101 cm³/mol. The second kappa shape index (κ2) is 8.89. The van der Waals surface area contributed by atoms with Crippen LogP contribution < -0.4 is 20.1 Å². The lowest BCUT2D eigenvalue weighted by atomic mass is 10.2. The van der Waals surface area contributed by atoms with E-state index in [1.165, 1.54) is 7.11 Å². The third kappa shape index (κ3) is 5.51. The molecule has 0 radical (unpaired) electrons. The lowest BCUT2D eigenvalue weighted by Gasteiger charge is -2.15. The molecule has 26 heavy (non-hydrogen) atoms. The van der Waals surface area contributed by atoms with Crippen molar-refractivity contribution in [2.24, 2.45) is 0 Å². The van der Waals surface area contributed by atoms with Crippen molar-refractivity contribution < 1.29 is 19.1 Å². The molecule has 0 aliphatic heterocycles. The van der Waals surface area contributed by atoms with Crippen molar-refractivity contribution >= 4 is 17.5 Å². The molecule has 0 fully saturated rings. The topological polar surface area (TPSA) is 76.7 Å². The van der Waals surface area contributed by atoms with E-state index < -0.39 is 6.10 Å². The van der Waals surface area contributed by atoms with Crippen LogP contribution in [0.2, 0.25) is 0 Å². The molecule has 0 aromatic heterocycles. The highest BCUT2D eigenvalue weighted by molar-refractivity contribution is 5.96. The molecule has 1 atom stereocenters. The maximum atomic E-state index is 12.1. The standard InChI is InChI=1S/C20H24N2O4/c1-13-5-8-16(9-6-13)26-15(3)20(24)21-12-19(23)22-17-11-14(2)7-10-18(17)25-4/h5-11,15H,12H2,1-4H3,(H,21,24)(H,22,23). The lowest BCUT2D eigenvalue weighted by molar-refractivity contribution is -0.129. The minimum atomic E-state index is -0.709. The number of carbonyl (C=O) groups is 2. The van der Waals surface area contributed by atoms with E-state index >= 15 is 0 Å². The first-order chi connectivity index (χ1) is 12.4. The first-order valence-corrected chi connectivity index (χ1v) is 8.34. The van der Waals surface area contributed by atoms with Crippen LogP contribution in [-0.4, -0.2) is 31.6 Å². The lowest BCUT2D eigenvalue weighted by Crippen LogP contribution is -2.40. The zero-order valence-corrected chi connectivity index (χ0v) is 15.5. The van der Waals surface area contributed by atoms with Crippen molar-refractivity contribution in [2.45, 2.75) is 26.9 Å². The Morgan fingerprint density at radius 3 is 2.35 bits per heavy atom. The summed E-state index contributed by atoms with van der Waals surface area (Å²) >= 11 is 0. The van der Waals surface area contributed by atoms with Gasteiger partial charge in [0.05, 0.1) is 19.3 Å². The Balaban J connectivity index is 1.85. The van der Waals surface area contributed by atoms with Crippen LogP contribution in [0.4, 0.5) is 5.69 Å². The molecular weight excluding hydrogens is 332 g/mol. The predicted octanol–water partition coefficient (Wildman–Crippen LogP) is 2.83. The Bertz CT molecular complexity index is 772. The fourth-order valence-corrected chi connectivity index (χ4v) is 2.30. The molecule has 2 N–H and O–H groups in total. The van der Waals surface area contributed by atoms with E-state index in [2.05, 4.69) is 10.6 Å². The normalized spacial score (nSPS) is 11.4. The number of benzene rings is 2. The molecule has 138 valence electrons.